The van der Waals surface area contributed by atoms with Crippen molar-refractivity contribution in [2.45, 2.75) is 176 Å². The van der Waals surface area contributed by atoms with Crippen LogP contribution in [0.15, 0.2) is 30.3 Å². The highest BCUT2D eigenvalue weighted by Gasteiger charge is 2.42. The number of aliphatic hydroxyl groups excluding tert-OH is 1. The lowest BCUT2D eigenvalue weighted by Gasteiger charge is -2.30. The predicted molar refractivity (Wildman–Crippen MR) is 325 cm³/mol. The number of nitrogens with zero attached hydrogens (tertiary/aromatic N) is 1. The Morgan fingerprint density at radius 3 is 1.73 bits per heavy atom. The number of primary amides is 1. The summed E-state index contributed by atoms with van der Waals surface area (Å²) in [7, 11) is 0. The van der Waals surface area contributed by atoms with E-state index >= 15 is 0 Å². The fourth-order valence-corrected chi connectivity index (χ4v) is 10.7. The van der Waals surface area contributed by atoms with Crippen LogP contribution in [0.5, 0.6) is 0 Å². The van der Waals surface area contributed by atoms with E-state index < -0.39 is 169 Å². The number of guanidine groups is 2. The highest BCUT2D eigenvalue weighted by atomic mass is 16.4. The smallest absolute Gasteiger partial charge is 0.305 e. The van der Waals surface area contributed by atoms with E-state index in [-0.39, 0.29) is 122 Å². The Bertz CT molecular complexity index is 2970. The van der Waals surface area contributed by atoms with E-state index in [9.17, 15) is 72.5 Å². The Kier molecular flexibility index (Phi) is 28.1. The van der Waals surface area contributed by atoms with Gasteiger partial charge in [-0.05, 0) is 88.7 Å². The van der Waals surface area contributed by atoms with Crippen molar-refractivity contribution in [3.63, 3.8) is 0 Å². The average molecular weight is 1280 g/mol. The van der Waals surface area contributed by atoms with Gasteiger partial charge >= 0.3 is 5.97 Å². The molecule has 1 aromatic heterocycles. The zero-order valence-electron chi connectivity index (χ0n) is 50.5. The first-order valence-corrected chi connectivity index (χ1v) is 30.2. The topological polar surface area (TPSA) is 578 Å². The van der Waals surface area contributed by atoms with Crippen molar-refractivity contribution in [2.24, 2.45) is 22.9 Å². The van der Waals surface area contributed by atoms with Crippen molar-refractivity contribution in [3.8, 4) is 0 Å². The maximum absolute atomic E-state index is 14.6. The molecule has 5 rings (SSSR count). The Morgan fingerprint density at radius 1 is 0.604 bits per heavy atom. The van der Waals surface area contributed by atoms with Crippen molar-refractivity contribution in [2.75, 3.05) is 32.8 Å². The fraction of sp³-hybridized carbons (Fsp3) is 0.589. The number of carbonyl (C=O) groups is 13. The first-order chi connectivity index (χ1) is 43.3. The van der Waals surface area contributed by atoms with E-state index in [1.54, 1.807) is 24.3 Å². The number of aliphatic carboxylic acids is 1. The molecule has 91 heavy (non-hydrogen) atoms. The minimum absolute atomic E-state index is 0.00118. The maximum atomic E-state index is 14.6. The molecule has 35 nitrogen and oxygen atoms in total. The van der Waals surface area contributed by atoms with Gasteiger partial charge in [0.25, 0.3) is 0 Å². The summed E-state index contributed by atoms with van der Waals surface area (Å²) < 4.78 is 0. The second-order valence-electron chi connectivity index (χ2n) is 22.5. The summed E-state index contributed by atoms with van der Waals surface area (Å²) in [4.78, 5) is 186. The van der Waals surface area contributed by atoms with E-state index in [0.717, 1.165) is 10.3 Å². The number of aromatic nitrogens is 1. The van der Waals surface area contributed by atoms with Crippen LogP contribution in [0.2, 0.25) is 0 Å². The van der Waals surface area contributed by atoms with Crippen LogP contribution in [0.3, 0.4) is 0 Å². The fourth-order valence-electron chi connectivity index (χ4n) is 10.7. The third kappa shape index (κ3) is 22.7. The van der Waals surface area contributed by atoms with Crippen molar-refractivity contribution >= 4 is 99.7 Å². The quantitative estimate of drug-likeness (QED) is 0.0422. The van der Waals surface area contributed by atoms with Gasteiger partial charge in [0.15, 0.2) is 11.9 Å². The largest absolute Gasteiger partial charge is 0.481 e. The number of fused-ring (bicyclic) bond motifs is 10. The Hall–Kier alpha value is -9.67. The van der Waals surface area contributed by atoms with Crippen LogP contribution < -0.4 is 86.7 Å². The van der Waals surface area contributed by atoms with Gasteiger partial charge in [-0.1, -0.05) is 43.9 Å². The summed E-state index contributed by atoms with van der Waals surface area (Å²) in [5.41, 5.74) is 23.6. The molecule has 1 unspecified atom stereocenters. The van der Waals surface area contributed by atoms with E-state index in [1.807, 2.05) is 6.07 Å². The van der Waals surface area contributed by atoms with Crippen LogP contribution in [-0.2, 0) is 68.7 Å². The lowest BCUT2D eigenvalue weighted by molar-refractivity contribution is -0.146. The normalized spacial score (nSPS) is 26.1. The van der Waals surface area contributed by atoms with Crippen molar-refractivity contribution in [3.05, 3.63) is 36.0 Å². The first-order valence-electron chi connectivity index (χ1n) is 30.2. The number of rotatable bonds is 16. The molecule has 11 atom stereocenters. The van der Waals surface area contributed by atoms with Gasteiger partial charge in [0.2, 0.25) is 70.9 Å². The van der Waals surface area contributed by atoms with E-state index in [1.165, 1.54) is 6.92 Å². The highest BCUT2D eigenvalue weighted by Crippen LogP contribution is 2.22. The molecule has 3 aliphatic heterocycles. The number of carboxylic acid groups (broad SMARTS) is 1. The van der Waals surface area contributed by atoms with Gasteiger partial charge in [-0.2, -0.15) is 0 Å². The van der Waals surface area contributed by atoms with Crippen LogP contribution in [-0.4, -0.2) is 208 Å². The molecule has 0 saturated carbocycles. The maximum Gasteiger partial charge on any atom is 0.305 e. The molecule has 0 radical (unpaired) electrons. The first kappa shape index (κ1) is 72.1. The number of benzene rings is 1. The molecule has 4 heterocycles. The molecular formula is C56H86N20O15. The van der Waals surface area contributed by atoms with Crippen LogP contribution in [0, 0.1) is 10.8 Å². The summed E-state index contributed by atoms with van der Waals surface area (Å²) in [6.45, 7) is -0.527. The van der Waals surface area contributed by atoms with Crippen molar-refractivity contribution in [1.82, 2.24) is 73.7 Å². The number of amides is 12. The molecule has 3 saturated heterocycles. The lowest BCUT2D eigenvalue weighted by atomic mass is 10.0. The van der Waals surface area contributed by atoms with Crippen LogP contribution >= 0.6 is 0 Å². The molecule has 1 aromatic carbocycles. The second kappa shape index (κ2) is 35.5. The lowest BCUT2D eigenvalue weighted by Crippen LogP contribution is -2.61. The number of para-hydroxylation sites is 1. The molecule has 2 bridgehead atoms. The SMILES string of the molecule is C[C@@H]1NC(=O)[C@@H]2CCCC[C@H](NC(=O)CN)C(=O)N[C@@H](CCCC[C@@H](C(N)=O)NC(=O)[C@H](CCCNC(=N)N)NC(=O)[C@H](Cc3cc4ccccc4[nH]3)NC1=O)C(=O)N[C@@H](CO)C(=O)N[C@@H](CC(=O)O)C(=O)N1CCCC1C(=O)N[C@@H](CCCNC(=N)N)C(=O)N2. The molecule has 2 aromatic rings. The third-order valence-electron chi connectivity index (χ3n) is 15.5. The van der Waals surface area contributed by atoms with Gasteiger partial charge in [-0.15, -0.1) is 0 Å². The van der Waals surface area contributed by atoms with Crippen LogP contribution in [0.1, 0.15) is 109 Å². The summed E-state index contributed by atoms with van der Waals surface area (Å²) >= 11 is 0. The predicted octanol–water partition coefficient (Wildman–Crippen LogP) is -6.85. The van der Waals surface area contributed by atoms with E-state index in [4.69, 9.17) is 33.8 Å². The molecular weight excluding hydrogens is 1190 g/mol. The minimum Gasteiger partial charge on any atom is -0.481 e. The Morgan fingerprint density at radius 2 is 1.13 bits per heavy atom. The number of hydrogen-bond acceptors (Lipinski definition) is 17. The third-order valence-corrected chi connectivity index (χ3v) is 15.5. The number of H-pyrrole nitrogens is 1. The van der Waals surface area contributed by atoms with Gasteiger partial charge in [-0.3, -0.25) is 73.1 Å². The van der Waals surface area contributed by atoms with Gasteiger partial charge in [0, 0.05) is 37.3 Å². The van der Waals surface area contributed by atoms with Crippen molar-refractivity contribution < 1.29 is 72.5 Å². The standard InChI is InChI=1S/C56H86N20O15/c1-28-45(82)73-38(24-30-23-29-11-2-3-12-31(29)66-30)51(88)71-36(17-8-20-63-55(59)60)48(85)68-32(44(58)81)13-4-5-16-35-50(87)75-40(27-77)52(89)74-39(25-43(79)80)54(91)76-22-10-19-41(76)53(90)72-37(18-9-21-64-56(61)62)49(86)69-34(46(83)65-28)15-7-6-14-33(47(84)70-35)67-42(78)26-57/h2-3,11-12,23,28,32-41,66,77H,4-10,13-22,24-27,57H2,1H3,(H2,58,81)(H,65,83)(H,67,78)(H,68,85)(H,69,86)(H,70,84)(H,71,88)(H,72,90)(H,73,82)(H,74,89)(H,75,87)(H,79,80)(H4,59,60,63)(H4,61,62,64)/t28-,32-,33-,34-,35-,36-,37-,38-,39-,40-,41?/m0/s1. The number of aromatic amines is 1. The summed E-state index contributed by atoms with van der Waals surface area (Å²) in [6, 6.07) is -8.29. The summed E-state index contributed by atoms with van der Waals surface area (Å²) in [5.74, 6) is -14.2. The molecule has 35 heteroatoms. The van der Waals surface area contributed by atoms with Gasteiger partial charge in [-0.25, -0.2) is 0 Å². The van der Waals surface area contributed by atoms with E-state index in [2.05, 4.69) is 68.8 Å². The number of nitrogens with two attached hydrogens (primary N) is 4. The van der Waals surface area contributed by atoms with Gasteiger partial charge in [0.05, 0.1) is 19.6 Å². The summed E-state index contributed by atoms with van der Waals surface area (Å²) in [5, 5.41) is 67.0. The number of carbonyl (C=O) groups excluding carboxylic acids is 12. The van der Waals surface area contributed by atoms with E-state index in [0.29, 0.717) is 11.2 Å². The second-order valence-corrected chi connectivity index (χ2v) is 22.5. The Labute approximate surface area is 523 Å². The number of carboxylic acids is 1. The minimum atomic E-state index is -1.92. The molecule has 0 aliphatic carbocycles. The molecule has 0 spiro atoms. The van der Waals surface area contributed by atoms with Crippen LogP contribution in [0.4, 0.5) is 0 Å². The Balaban J connectivity index is 1.65. The molecule has 500 valence electrons. The van der Waals surface area contributed by atoms with Crippen molar-refractivity contribution in [1.29, 1.82) is 10.8 Å². The number of nitrogens with one attached hydrogen (secondary N) is 15. The van der Waals surface area contributed by atoms with Gasteiger partial charge < -0.3 is 107 Å². The number of aliphatic hydroxyl groups is 1. The van der Waals surface area contributed by atoms with Crippen LogP contribution in [0.25, 0.3) is 10.9 Å². The summed E-state index contributed by atoms with van der Waals surface area (Å²) in [6.07, 6.45) is -2.26. The highest BCUT2D eigenvalue weighted by molar-refractivity contribution is 6.00. The zero-order valence-corrected chi connectivity index (χ0v) is 50.5. The molecule has 3 fully saturated rings. The molecule has 25 N–H and O–H groups in total. The molecule has 12 amide bonds. The van der Waals surface area contributed by atoms with Gasteiger partial charge in [0.1, 0.15) is 66.5 Å². The average Bonchev–Trinajstić information content (AvgIpc) is 2.00. The monoisotopic (exact) mass is 1280 g/mol. The number of hydrogen-bond donors (Lipinski definition) is 21. The molecule has 3 aliphatic rings. The zero-order chi connectivity index (χ0) is 66.9.